The van der Waals surface area contributed by atoms with E-state index in [0.717, 1.165) is 6.61 Å². The first-order valence-electron chi connectivity index (χ1n) is 4.68. The third-order valence-corrected chi connectivity index (χ3v) is 3.60. The summed E-state index contributed by atoms with van der Waals surface area (Å²) in [6.45, 7) is 8.05. The van der Waals surface area contributed by atoms with Crippen LogP contribution in [0, 0.1) is 10.8 Å². The fourth-order valence-electron chi connectivity index (χ4n) is 2.36. The van der Waals surface area contributed by atoms with Crippen molar-refractivity contribution >= 4 is 0 Å². The smallest absolute Gasteiger partial charge is 0.0658 e. The Kier molecular flexibility index (Phi) is 1.39. The van der Waals surface area contributed by atoms with E-state index in [-0.39, 0.29) is 0 Å². The third kappa shape index (κ3) is 0.936. The molecule has 11 heavy (non-hydrogen) atoms. The molecule has 0 N–H and O–H groups in total. The van der Waals surface area contributed by atoms with Crippen LogP contribution < -0.4 is 0 Å². The Bertz CT molecular complexity index is 158. The van der Waals surface area contributed by atoms with Gasteiger partial charge in [0, 0.05) is 12.0 Å². The van der Waals surface area contributed by atoms with Crippen LogP contribution in [0.25, 0.3) is 0 Å². The van der Waals surface area contributed by atoms with Gasteiger partial charge in [0.05, 0.1) is 6.10 Å². The van der Waals surface area contributed by atoms with E-state index >= 15 is 0 Å². The van der Waals surface area contributed by atoms with Gasteiger partial charge in [-0.15, -0.1) is 0 Å². The molecule has 1 aliphatic heterocycles. The monoisotopic (exact) mass is 154 g/mol. The van der Waals surface area contributed by atoms with Crippen molar-refractivity contribution in [2.24, 2.45) is 10.8 Å². The lowest BCUT2D eigenvalue weighted by molar-refractivity contribution is -0.122. The summed E-state index contributed by atoms with van der Waals surface area (Å²) in [7, 11) is 0. The second-order valence-corrected chi connectivity index (χ2v) is 5.05. The molecule has 1 saturated carbocycles. The van der Waals surface area contributed by atoms with Gasteiger partial charge < -0.3 is 4.74 Å². The zero-order chi connectivity index (χ0) is 8.11. The standard InChI is InChI=1S/C10H18O/c1-9(2,3)10(5-6-10)8-4-7-11-8/h8H,4-7H2,1-3H3. The van der Waals surface area contributed by atoms with E-state index in [1.165, 1.54) is 19.3 Å². The molecule has 2 fully saturated rings. The van der Waals surface area contributed by atoms with Gasteiger partial charge in [-0.25, -0.2) is 0 Å². The highest BCUT2D eigenvalue weighted by atomic mass is 16.5. The first-order chi connectivity index (χ1) is 5.06. The molecule has 0 amide bonds. The Morgan fingerprint density at radius 1 is 1.27 bits per heavy atom. The fraction of sp³-hybridized carbons (Fsp3) is 1.00. The van der Waals surface area contributed by atoms with E-state index in [0.29, 0.717) is 16.9 Å². The molecule has 0 aromatic rings. The molecular formula is C10H18O. The zero-order valence-electron chi connectivity index (χ0n) is 7.81. The first-order valence-corrected chi connectivity index (χ1v) is 4.68. The van der Waals surface area contributed by atoms with Crippen molar-refractivity contribution in [2.75, 3.05) is 6.61 Å². The predicted molar refractivity (Wildman–Crippen MR) is 45.5 cm³/mol. The lowest BCUT2D eigenvalue weighted by Gasteiger charge is -2.42. The quantitative estimate of drug-likeness (QED) is 0.564. The summed E-state index contributed by atoms with van der Waals surface area (Å²) in [4.78, 5) is 0. The van der Waals surface area contributed by atoms with Crippen LogP contribution in [0.3, 0.4) is 0 Å². The molecule has 0 radical (unpaired) electrons. The fourth-order valence-corrected chi connectivity index (χ4v) is 2.36. The molecule has 0 aromatic heterocycles. The van der Waals surface area contributed by atoms with Crippen LogP contribution in [0.2, 0.25) is 0 Å². The molecule has 0 aromatic carbocycles. The first kappa shape index (κ1) is 7.60. The van der Waals surface area contributed by atoms with Gasteiger partial charge in [0.15, 0.2) is 0 Å². The summed E-state index contributed by atoms with van der Waals surface area (Å²) < 4.78 is 5.58. The Morgan fingerprint density at radius 2 is 1.82 bits per heavy atom. The molecule has 0 spiro atoms. The van der Waals surface area contributed by atoms with E-state index in [4.69, 9.17) is 4.74 Å². The minimum absolute atomic E-state index is 0.456. The Labute approximate surface area is 69.1 Å². The van der Waals surface area contributed by atoms with Crippen molar-refractivity contribution in [1.29, 1.82) is 0 Å². The maximum atomic E-state index is 5.58. The molecule has 1 atom stereocenters. The van der Waals surface area contributed by atoms with Gasteiger partial charge in [-0.1, -0.05) is 20.8 Å². The predicted octanol–water partition coefficient (Wildman–Crippen LogP) is 2.60. The SMILES string of the molecule is CC(C)(C)C1(C2CCO2)CC1. The minimum Gasteiger partial charge on any atom is -0.377 e. The van der Waals surface area contributed by atoms with Gasteiger partial charge in [0.2, 0.25) is 0 Å². The molecule has 64 valence electrons. The van der Waals surface area contributed by atoms with Crippen LogP contribution in [-0.4, -0.2) is 12.7 Å². The maximum absolute atomic E-state index is 5.58. The summed E-state index contributed by atoms with van der Waals surface area (Å²) >= 11 is 0. The molecule has 0 bridgehead atoms. The van der Waals surface area contributed by atoms with Gasteiger partial charge in [-0.2, -0.15) is 0 Å². The van der Waals surface area contributed by atoms with Crippen LogP contribution >= 0.6 is 0 Å². The van der Waals surface area contributed by atoms with E-state index in [1.807, 2.05) is 0 Å². The summed E-state index contributed by atoms with van der Waals surface area (Å²) in [5.41, 5.74) is 1.02. The third-order valence-electron chi connectivity index (χ3n) is 3.60. The van der Waals surface area contributed by atoms with Gasteiger partial charge in [-0.05, 0) is 24.7 Å². The van der Waals surface area contributed by atoms with Crippen LogP contribution in [0.5, 0.6) is 0 Å². The average Bonchev–Trinajstić information content (AvgIpc) is 2.37. The molecule has 2 rings (SSSR count). The Balaban J connectivity index is 2.09. The second-order valence-electron chi connectivity index (χ2n) is 5.05. The van der Waals surface area contributed by atoms with Crippen LogP contribution in [-0.2, 0) is 4.74 Å². The normalized spacial score (nSPS) is 34.6. The van der Waals surface area contributed by atoms with Gasteiger partial charge in [0.1, 0.15) is 0 Å². The highest BCUT2D eigenvalue weighted by Crippen LogP contribution is 2.63. The van der Waals surface area contributed by atoms with E-state index in [2.05, 4.69) is 20.8 Å². The van der Waals surface area contributed by atoms with Crippen molar-refractivity contribution in [3.63, 3.8) is 0 Å². The molecular weight excluding hydrogens is 136 g/mol. The van der Waals surface area contributed by atoms with Gasteiger partial charge in [-0.3, -0.25) is 0 Å². The highest BCUT2D eigenvalue weighted by Gasteiger charge is 2.59. The highest BCUT2D eigenvalue weighted by molar-refractivity contribution is 5.08. The average molecular weight is 154 g/mol. The molecule has 1 nitrogen and oxygen atoms in total. The summed E-state index contributed by atoms with van der Waals surface area (Å²) in [5, 5.41) is 0. The van der Waals surface area contributed by atoms with E-state index in [1.54, 1.807) is 0 Å². The van der Waals surface area contributed by atoms with Crippen molar-refractivity contribution in [3.8, 4) is 0 Å². The molecule has 1 unspecified atom stereocenters. The van der Waals surface area contributed by atoms with Crippen molar-refractivity contribution in [3.05, 3.63) is 0 Å². The number of rotatable bonds is 1. The zero-order valence-corrected chi connectivity index (χ0v) is 7.81. The van der Waals surface area contributed by atoms with Crippen molar-refractivity contribution in [2.45, 2.75) is 46.1 Å². The van der Waals surface area contributed by atoms with Crippen molar-refractivity contribution in [1.82, 2.24) is 0 Å². The minimum atomic E-state index is 0.456. The van der Waals surface area contributed by atoms with Crippen LogP contribution in [0.1, 0.15) is 40.0 Å². The largest absolute Gasteiger partial charge is 0.377 e. The van der Waals surface area contributed by atoms with Crippen LogP contribution in [0.15, 0.2) is 0 Å². The maximum Gasteiger partial charge on any atom is 0.0658 e. The van der Waals surface area contributed by atoms with E-state index in [9.17, 15) is 0 Å². The lowest BCUT2D eigenvalue weighted by Crippen LogP contribution is -2.42. The number of hydrogen-bond donors (Lipinski definition) is 0. The summed E-state index contributed by atoms with van der Waals surface area (Å²) in [6, 6.07) is 0. The molecule has 1 aliphatic carbocycles. The van der Waals surface area contributed by atoms with E-state index < -0.39 is 0 Å². The molecule has 1 saturated heterocycles. The Morgan fingerprint density at radius 3 is 1.91 bits per heavy atom. The van der Waals surface area contributed by atoms with Gasteiger partial charge in [0.25, 0.3) is 0 Å². The molecule has 1 heterocycles. The summed E-state index contributed by atoms with van der Waals surface area (Å²) in [5.74, 6) is 0. The second kappa shape index (κ2) is 2.01. The topological polar surface area (TPSA) is 9.23 Å². The van der Waals surface area contributed by atoms with Gasteiger partial charge >= 0.3 is 0 Å². The Hall–Kier alpha value is -0.0400. The van der Waals surface area contributed by atoms with Crippen molar-refractivity contribution < 1.29 is 4.74 Å². The lowest BCUT2D eigenvalue weighted by atomic mass is 9.72. The molecule has 2 aliphatic rings. The summed E-state index contributed by atoms with van der Waals surface area (Å²) in [6.07, 6.45) is 4.68. The number of ether oxygens (including phenoxy) is 1. The number of hydrogen-bond acceptors (Lipinski definition) is 1. The van der Waals surface area contributed by atoms with Crippen LogP contribution in [0.4, 0.5) is 0 Å². The molecule has 1 heteroatoms.